The molecule has 4 rings (SSSR count). The van der Waals surface area contributed by atoms with Gasteiger partial charge in [0, 0.05) is 20.5 Å². The molecule has 1 saturated heterocycles. The fraction of sp³-hybridized carbons (Fsp3) is 0.368. The number of aryl methyl sites for hydroxylation is 2. The Hall–Kier alpha value is -3.16. The fourth-order valence-electron chi connectivity index (χ4n) is 3.96. The summed E-state index contributed by atoms with van der Waals surface area (Å²) in [6, 6.07) is 9.40. The first-order valence-electron chi connectivity index (χ1n) is 8.96. The number of aromatic amines is 1. The summed E-state index contributed by atoms with van der Waals surface area (Å²) in [6.07, 6.45) is 0.875. The predicted octanol–water partition coefficient (Wildman–Crippen LogP) is 2.15. The van der Waals surface area contributed by atoms with E-state index in [1.807, 2.05) is 44.3 Å². The number of hydrogen-bond donors (Lipinski definition) is 2. The molecule has 0 bridgehead atoms. The number of carbonyl (C=O) groups excluding carboxylic acids is 2. The quantitative estimate of drug-likeness (QED) is 0.742. The number of carbonyl (C=O) groups is 2. The molecule has 0 unspecified atom stereocenters. The summed E-state index contributed by atoms with van der Waals surface area (Å²) in [6.45, 7) is 1.88. The predicted molar refractivity (Wildman–Crippen MR) is 101 cm³/mol. The van der Waals surface area contributed by atoms with E-state index in [-0.39, 0.29) is 23.8 Å². The minimum atomic E-state index is -0.342. The maximum atomic E-state index is 13.1. The number of aromatic nitrogens is 4. The van der Waals surface area contributed by atoms with E-state index in [4.69, 9.17) is 0 Å². The Labute approximate surface area is 156 Å². The molecule has 0 aliphatic carbocycles. The van der Waals surface area contributed by atoms with Crippen LogP contribution in [0, 0.1) is 12.8 Å². The highest BCUT2D eigenvalue weighted by Gasteiger charge is 2.39. The molecule has 140 valence electrons. The molecule has 1 fully saturated rings. The van der Waals surface area contributed by atoms with Crippen LogP contribution in [-0.2, 0) is 16.6 Å². The van der Waals surface area contributed by atoms with Crippen molar-refractivity contribution in [1.82, 2.24) is 24.9 Å². The van der Waals surface area contributed by atoms with Crippen molar-refractivity contribution in [3.8, 4) is 0 Å². The molecule has 1 aromatic carbocycles. The van der Waals surface area contributed by atoms with E-state index in [0.717, 1.165) is 16.6 Å². The molecule has 1 aliphatic rings. The van der Waals surface area contributed by atoms with Crippen molar-refractivity contribution in [2.24, 2.45) is 13.0 Å². The van der Waals surface area contributed by atoms with Crippen LogP contribution < -0.4 is 5.32 Å². The standard InChI is InChI=1S/C19H22N6O2/c1-11-15-17(21-22-18(15)25(3)23-11)20-19(27)13-9-10-14(26)24(2)16(13)12-7-5-4-6-8-12/h4-8,13,16H,9-10H2,1-3H3,(H2,20,21,22,27)/t13-,16-/m1/s1. The Kier molecular flexibility index (Phi) is 4.18. The number of rotatable bonds is 3. The number of amides is 2. The van der Waals surface area contributed by atoms with Gasteiger partial charge in [-0.2, -0.15) is 10.2 Å². The van der Waals surface area contributed by atoms with Crippen LogP contribution in [0.1, 0.15) is 30.1 Å². The zero-order chi connectivity index (χ0) is 19.1. The smallest absolute Gasteiger partial charge is 0.231 e. The largest absolute Gasteiger partial charge is 0.338 e. The molecule has 2 aromatic heterocycles. The van der Waals surface area contributed by atoms with E-state index >= 15 is 0 Å². The lowest BCUT2D eigenvalue weighted by Gasteiger charge is -2.38. The SMILES string of the molecule is Cc1nn(C)c2n[nH]c(NC(=O)[C@@H]3CCC(=O)N(C)[C@@H]3c3ccccc3)c12. The van der Waals surface area contributed by atoms with Gasteiger partial charge in [-0.15, -0.1) is 0 Å². The molecular formula is C19H22N6O2. The molecule has 1 aliphatic heterocycles. The Morgan fingerprint density at radius 2 is 2.00 bits per heavy atom. The molecule has 0 spiro atoms. The van der Waals surface area contributed by atoms with Crippen LogP contribution in [0.5, 0.6) is 0 Å². The van der Waals surface area contributed by atoms with Crippen LogP contribution in [0.3, 0.4) is 0 Å². The van der Waals surface area contributed by atoms with Crippen molar-refractivity contribution >= 4 is 28.7 Å². The van der Waals surface area contributed by atoms with Gasteiger partial charge in [0.25, 0.3) is 0 Å². The van der Waals surface area contributed by atoms with Gasteiger partial charge in [0.05, 0.1) is 23.0 Å². The van der Waals surface area contributed by atoms with E-state index in [1.165, 1.54) is 0 Å². The molecule has 0 saturated carbocycles. The third kappa shape index (κ3) is 2.87. The molecule has 27 heavy (non-hydrogen) atoms. The highest BCUT2D eigenvalue weighted by Crippen LogP contribution is 2.36. The molecule has 8 heteroatoms. The van der Waals surface area contributed by atoms with Gasteiger partial charge in [0.15, 0.2) is 5.65 Å². The molecule has 3 aromatic rings. The van der Waals surface area contributed by atoms with Gasteiger partial charge >= 0.3 is 0 Å². The summed E-state index contributed by atoms with van der Waals surface area (Å²) in [5.74, 6) is 0.134. The van der Waals surface area contributed by atoms with E-state index in [1.54, 1.807) is 16.6 Å². The number of nitrogens with one attached hydrogen (secondary N) is 2. The molecule has 2 atom stereocenters. The molecule has 2 amide bonds. The monoisotopic (exact) mass is 366 g/mol. The van der Waals surface area contributed by atoms with Gasteiger partial charge in [-0.05, 0) is 18.9 Å². The van der Waals surface area contributed by atoms with Gasteiger partial charge in [-0.3, -0.25) is 14.7 Å². The van der Waals surface area contributed by atoms with Crippen LogP contribution >= 0.6 is 0 Å². The van der Waals surface area contributed by atoms with Gasteiger partial charge < -0.3 is 10.2 Å². The lowest BCUT2D eigenvalue weighted by molar-refractivity contribution is -0.140. The van der Waals surface area contributed by atoms with Crippen LogP contribution in [0.15, 0.2) is 30.3 Å². The van der Waals surface area contributed by atoms with Crippen LogP contribution in [0.2, 0.25) is 0 Å². The fourth-order valence-corrected chi connectivity index (χ4v) is 3.96. The van der Waals surface area contributed by atoms with Gasteiger partial charge in [0.1, 0.15) is 5.82 Å². The first-order valence-corrected chi connectivity index (χ1v) is 8.96. The third-order valence-electron chi connectivity index (χ3n) is 5.30. The molecule has 3 heterocycles. The molecule has 8 nitrogen and oxygen atoms in total. The van der Waals surface area contributed by atoms with E-state index in [9.17, 15) is 9.59 Å². The van der Waals surface area contributed by atoms with Crippen LogP contribution in [0.4, 0.5) is 5.82 Å². The van der Waals surface area contributed by atoms with Crippen molar-refractivity contribution < 1.29 is 9.59 Å². The zero-order valence-corrected chi connectivity index (χ0v) is 15.6. The topological polar surface area (TPSA) is 95.9 Å². The molecular weight excluding hydrogens is 344 g/mol. The Morgan fingerprint density at radius 1 is 1.26 bits per heavy atom. The minimum Gasteiger partial charge on any atom is -0.338 e. The van der Waals surface area contributed by atoms with Crippen molar-refractivity contribution in [3.63, 3.8) is 0 Å². The van der Waals surface area contributed by atoms with E-state index < -0.39 is 0 Å². The maximum Gasteiger partial charge on any atom is 0.231 e. The number of piperidine rings is 1. The second-order valence-electron chi connectivity index (χ2n) is 7.00. The van der Waals surface area contributed by atoms with Crippen LogP contribution in [-0.4, -0.2) is 43.7 Å². The Morgan fingerprint density at radius 3 is 2.74 bits per heavy atom. The highest BCUT2D eigenvalue weighted by molar-refractivity contribution is 6.01. The summed E-state index contributed by atoms with van der Waals surface area (Å²) in [7, 11) is 3.58. The second-order valence-corrected chi connectivity index (χ2v) is 7.00. The first-order chi connectivity index (χ1) is 13.0. The number of hydrogen-bond acceptors (Lipinski definition) is 4. The van der Waals surface area contributed by atoms with Gasteiger partial charge in [0.2, 0.25) is 11.8 Å². The number of H-pyrrole nitrogens is 1. The van der Waals surface area contributed by atoms with E-state index in [0.29, 0.717) is 24.3 Å². The zero-order valence-electron chi connectivity index (χ0n) is 15.6. The lowest BCUT2D eigenvalue weighted by Crippen LogP contribution is -2.44. The average molecular weight is 366 g/mol. The number of likely N-dealkylation sites (tertiary alicyclic amines) is 1. The Balaban J connectivity index is 1.65. The summed E-state index contributed by atoms with van der Waals surface area (Å²) in [5.41, 5.74) is 2.45. The second kappa shape index (κ2) is 6.53. The summed E-state index contributed by atoms with van der Waals surface area (Å²) >= 11 is 0. The number of nitrogens with zero attached hydrogens (tertiary/aromatic N) is 4. The van der Waals surface area contributed by atoms with Crippen LogP contribution in [0.25, 0.3) is 11.0 Å². The third-order valence-corrected chi connectivity index (χ3v) is 5.30. The molecule has 2 N–H and O–H groups in total. The van der Waals surface area contributed by atoms with Crippen molar-refractivity contribution in [3.05, 3.63) is 41.6 Å². The van der Waals surface area contributed by atoms with Crippen molar-refractivity contribution in [2.45, 2.75) is 25.8 Å². The van der Waals surface area contributed by atoms with Gasteiger partial charge in [-0.1, -0.05) is 30.3 Å². The van der Waals surface area contributed by atoms with E-state index in [2.05, 4.69) is 20.6 Å². The maximum absolute atomic E-state index is 13.1. The number of anilines is 1. The number of benzene rings is 1. The number of fused-ring (bicyclic) bond motifs is 1. The van der Waals surface area contributed by atoms with Crippen molar-refractivity contribution in [1.29, 1.82) is 0 Å². The normalized spacial score (nSPS) is 20.3. The Bertz CT molecular complexity index is 1010. The summed E-state index contributed by atoms with van der Waals surface area (Å²) in [4.78, 5) is 27.1. The lowest BCUT2D eigenvalue weighted by atomic mass is 9.84. The first kappa shape index (κ1) is 17.3. The minimum absolute atomic E-state index is 0.0555. The summed E-state index contributed by atoms with van der Waals surface area (Å²) in [5, 5.41) is 15.3. The summed E-state index contributed by atoms with van der Waals surface area (Å²) < 4.78 is 1.68. The van der Waals surface area contributed by atoms with Crippen molar-refractivity contribution in [2.75, 3.05) is 12.4 Å². The average Bonchev–Trinajstić information content (AvgIpc) is 3.20. The van der Waals surface area contributed by atoms with Gasteiger partial charge in [-0.25, -0.2) is 4.68 Å². The molecule has 0 radical (unpaired) electrons. The highest BCUT2D eigenvalue weighted by atomic mass is 16.2.